The summed E-state index contributed by atoms with van der Waals surface area (Å²) in [6, 6.07) is 3.65. The number of alkyl halides is 3. The van der Waals surface area contributed by atoms with E-state index < -0.39 is 33.9 Å². The maximum absolute atomic E-state index is 12.9. The average molecular weight is 307 g/mol. The number of nitrogens with one attached hydrogen (secondary N) is 1. The van der Waals surface area contributed by atoms with Crippen LogP contribution in [0.3, 0.4) is 0 Å². The first-order chi connectivity index (χ1) is 8.94. The second-order valence-electron chi connectivity index (χ2n) is 5.74. The topological polar surface area (TPSA) is 35.1 Å². The molecule has 1 rings (SSSR count). The first-order valence-corrected chi connectivity index (χ1v) is 7.44. The van der Waals surface area contributed by atoms with E-state index in [-0.39, 0.29) is 5.56 Å². The molecular weight excluding hydrogens is 287 g/mol. The van der Waals surface area contributed by atoms with Gasteiger partial charge in [0.25, 0.3) is 0 Å². The molecule has 0 radical (unpaired) electrons. The van der Waals surface area contributed by atoms with E-state index in [1.807, 2.05) is 20.8 Å². The van der Waals surface area contributed by atoms with Crippen LogP contribution in [0.4, 0.5) is 13.2 Å². The van der Waals surface area contributed by atoms with E-state index in [1.54, 1.807) is 13.0 Å². The van der Waals surface area contributed by atoms with Gasteiger partial charge in [-0.15, -0.1) is 4.72 Å². The molecule has 0 saturated carbocycles. The Morgan fingerprint density at radius 2 is 1.75 bits per heavy atom. The van der Waals surface area contributed by atoms with Gasteiger partial charge in [0.15, 0.2) is 0 Å². The van der Waals surface area contributed by atoms with Crippen molar-refractivity contribution < 1.29 is 17.7 Å². The smallest absolute Gasteiger partial charge is 0.416 e. The molecule has 0 aliphatic rings. The van der Waals surface area contributed by atoms with E-state index in [0.717, 1.165) is 6.07 Å². The number of hydrogen-bond acceptors (Lipinski definition) is 2. The Morgan fingerprint density at radius 1 is 1.20 bits per heavy atom. The zero-order valence-electron chi connectivity index (χ0n) is 12.3. The largest absolute Gasteiger partial charge is 0.598 e. The van der Waals surface area contributed by atoms with Crippen LogP contribution in [0.15, 0.2) is 18.2 Å². The summed E-state index contributed by atoms with van der Waals surface area (Å²) in [5, 5.41) is 0. The number of hydrogen-bond donors (Lipinski definition) is 1. The van der Waals surface area contributed by atoms with E-state index in [2.05, 4.69) is 4.72 Å². The third kappa shape index (κ3) is 4.14. The van der Waals surface area contributed by atoms with E-state index in [9.17, 15) is 17.7 Å². The van der Waals surface area contributed by atoms with Crippen LogP contribution in [0.25, 0.3) is 0 Å². The molecule has 0 amide bonds. The molecule has 1 aromatic rings. The summed E-state index contributed by atoms with van der Waals surface area (Å²) in [5.74, 6) is 0. The van der Waals surface area contributed by atoms with Crippen molar-refractivity contribution in [1.29, 1.82) is 0 Å². The van der Waals surface area contributed by atoms with Crippen LogP contribution in [0.5, 0.6) is 0 Å². The van der Waals surface area contributed by atoms with Gasteiger partial charge in [0.05, 0.1) is 11.6 Å². The Balaban J connectivity index is 3.03. The van der Waals surface area contributed by atoms with Crippen molar-refractivity contribution in [2.45, 2.75) is 51.6 Å². The van der Waals surface area contributed by atoms with Crippen molar-refractivity contribution in [3.8, 4) is 0 Å². The lowest BCUT2D eigenvalue weighted by atomic mass is 9.98. The standard InChI is InChI=1S/C14H20F3NOS/c1-9-11(7-6-8-12(9)14(15,16)17)10(2)18-20(19)13(3,4)5/h6-8,10,18H,1-5H3. The second kappa shape index (κ2) is 5.95. The summed E-state index contributed by atoms with van der Waals surface area (Å²) in [6.45, 7) is 8.58. The molecule has 0 spiro atoms. The highest BCUT2D eigenvalue weighted by Gasteiger charge is 2.34. The molecule has 1 N–H and O–H groups in total. The van der Waals surface area contributed by atoms with Gasteiger partial charge >= 0.3 is 6.18 Å². The molecule has 114 valence electrons. The molecule has 0 bridgehead atoms. The summed E-state index contributed by atoms with van der Waals surface area (Å²) < 4.78 is 53.0. The average Bonchev–Trinajstić information content (AvgIpc) is 2.26. The van der Waals surface area contributed by atoms with Crippen LogP contribution in [-0.2, 0) is 17.5 Å². The Labute approximate surface area is 121 Å². The quantitative estimate of drug-likeness (QED) is 0.852. The first kappa shape index (κ1) is 17.3. The van der Waals surface area contributed by atoms with Crippen LogP contribution < -0.4 is 4.72 Å². The fourth-order valence-corrected chi connectivity index (χ4v) is 2.63. The minimum Gasteiger partial charge on any atom is -0.598 e. The SMILES string of the molecule is Cc1c(C(C)N[S+]([O-])C(C)(C)C)cccc1C(F)(F)F. The molecule has 20 heavy (non-hydrogen) atoms. The number of halogens is 3. The van der Waals surface area contributed by atoms with Gasteiger partial charge in [0.1, 0.15) is 4.75 Å². The Kier molecular flexibility index (Phi) is 5.16. The number of rotatable bonds is 3. The molecule has 0 aliphatic heterocycles. The predicted molar refractivity (Wildman–Crippen MR) is 75.6 cm³/mol. The zero-order valence-corrected chi connectivity index (χ0v) is 13.1. The van der Waals surface area contributed by atoms with Crippen LogP contribution in [0.1, 0.15) is 50.4 Å². The monoisotopic (exact) mass is 307 g/mol. The molecule has 6 heteroatoms. The lowest BCUT2D eigenvalue weighted by molar-refractivity contribution is -0.138. The van der Waals surface area contributed by atoms with E-state index in [4.69, 9.17) is 0 Å². The normalized spacial score (nSPS) is 16.1. The van der Waals surface area contributed by atoms with Crippen LogP contribution in [0, 0.1) is 6.92 Å². The Hall–Kier alpha value is -0.720. The van der Waals surface area contributed by atoms with Crippen molar-refractivity contribution in [2.75, 3.05) is 0 Å². The van der Waals surface area contributed by atoms with Crippen LogP contribution in [-0.4, -0.2) is 9.30 Å². The molecule has 2 nitrogen and oxygen atoms in total. The highest BCUT2D eigenvalue weighted by atomic mass is 32.2. The minimum absolute atomic E-state index is 0.172. The highest BCUT2D eigenvalue weighted by Crippen LogP contribution is 2.34. The van der Waals surface area contributed by atoms with Gasteiger partial charge in [0.2, 0.25) is 0 Å². The van der Waals surface area contributed by atoms with Crippen LogP contribution in [0.2, 0.25) is 0 Å². The Bertz CT molecular complexity index is 468. The van der Waals surface area contributed by atoms with E-state index in [0.29, 0.717) is 5.56 Å². The number of benzene rings is 1. The molecule has 0 fully saturated rings. The van der Waals surface area contributed by atoms with Gasteiger partial charge in [0, 0.05) is 11.4 Å². The van der Waals surface area contributed by atoms with Gasteiger partial charge in [-0.05, 0) is 51.8 Å². The highest BCUT2D eigenvalue weighted by molar-refractivity contribution is 7.90. The van der Waals surface area contributed by atoms with Crippen LogP contribution >= 0.6 is 0 Å². The van der Waals surface area contributed by atoms with Gasteiger partial charge in [-0.3, -0.25) is 0 Å². The fourth-order valence-electron chi connectivity index (χ4n) is 1.83. The van der Waals surface area contributed by atoms with E-state index in [1.165, 1.54) is 13.0 Å². The van der Waals surface area contributed by atoms with Gasteiger partial charge in [-0.2, -0.15) is 13.2 Å². The summed E-state index contributed by atoms with van der Waals surface area (Å²) in [7, 11) is 0. The molecule has 1 aromatic carbocycles. The lowest BCUT2D eigenvalue weighted by Gasteiger charge is -2.27. The van der Waals surface area contributed by atoms with Crippen molar-refractivity contribution >= 4 is 11.4 Å². The third-order valence-electron chi connectivity index (χ3n) is 2.99. The van der Waals surface area contributed by atoms with Crippen molar-refractivity contribution in [3.63, 3.8) is 0 Å². The molecule has 0 saturated heterocycles. The van der Waals surface area contributed by atoms with Crippen molar-refractivity contribution in [1.82, 2.24) is 4.72 Å². The summed E-state index contributed by atoms with van der Waals surface area (Å²) in [5.41, 5.74) is 0.0357. The molecule has 2 atom stereocenters. The molecule has 0 heterocycles. The van der Waals surface area contributed by atoms with E-state index >= 15 is 0 Å². The predicted octanol–water partition coefficient (Wildman–Crippen LogP) is 4.13. The molecular formula is C14H20F3NOS. The lowest BCUT2D eigenvalue weighted by Crippen LogP contribution is -2.40. The summed E-state index contributed by atoms with van der Waals surface area (Å²) in [6.07, 6.45) is -4.37. The molecule has 0 aromatic heterocycles. The minimum atomic E-state index is -4.37. The fraction of sp³-hybridized carbons (Fsp3) is 0.571. The van der Waals surface area contributed by atoms with Crippen molar-refractivity contribution in [3.05, 3.63) is 34.9 Å². The first-order valence-electron chi connectivity index (χ1n) is 6.29. The summed E-state index contributed by atoms with van der Waals surface area (Å²) in [4.78, 5) is 0. The van der Waals surface area contributed by atoms with Crippen molar-refractivity contribution in [2.24, 2.45) is 0 Å². The van der Waals surface area contributed by atoms with Gasteiger partial charge in [-0.25, -0.2) is 0 Å². The summed E-state index contributed by atoms with van der Waals surface area (Å²) >= 11 is -1.34. The maximum Gasteiger partial charge on any atom is 0.416 e. The second-order valence-corrected chi connectivity index (χ2v) is 7.74. The molecule has 0 aliphatic carbocycles. The third-order valence-corrected chi connectivity index (χ3v) is 4.67. The molecule has 2 unspecified atom stereocenters. The van der Waals surface area contributed by atoms with Gasteiger partial charge in [-0.1, -0.05) is 12.1 Å². The maximum atomic E-state index is 12.9. The zero-order chi connectivity index (χ0) is 15.7. The van der Waals surface area contributed by atoms with Gasteiger partial charge < -0.3 is 4.55 Å². The Morgan fingerprint density at radius 3 is 2.20 bits per heavy atom.